The van der Waals surface area contributed by atoms with Crippen molar-refractivity contribution in [3.05, 3.63) is 11.6 Å². The lowest BCUT2D eigenvalue weighted by Gasteiger charge is -2.34. The lowest BCUT2D eigenvalue weighted by atomic mass is 10.3. The highest BCUT2D eigenvalue weighted by Gasteiger charge is 2.40. The highest BCUT2D eigenvalue weighted by Crippen LogP contribution is 2.31. The van der Waals surface area contributed by atoms with E-state index in [0.29, 0.717) is 26.2 Å². The van der Waals surface area contributed by atoms with Gasteiger partial charge in [0.1, 0.15) is 5.82 Å². The number of hydrogen-bond acceptors (Lipinski definition) is 2. The van der Waals surface area contributed by atoms with Crippen molar-refractivity contribution in [3.8, 4) is 0 Å². The maximum absolute atomic E-state index is 13.5. The normalized spacial score (nSPS) is 11.3. The van der Waals surface area contributed by atoms with Crippen LogP contribution in [-0.2, 0) is 0 Å². The summed E-state index contributed by atoms with van der Waals surface area (Å²) in [7, 11) is 0. The van der Waals surface area contributed by atoms with Crippen LogP contribution in [0.25, 0.3) is 0 Å². The van der Waals surface area contributed by atoms with E-state index in [-0.39, 0.29) is 5.82 Å². The predicted molar refractivity (Wildman–Crippen MR) is 60.0 cm³/mol. The summed E-state index contributed by atoms with van der Waals surface area (Å²) in [6.07, 6.45) is -4.93. The second kappa shape index (κ2) is 6.71. The number of nitrogens with zero attached hydrogens (tertiary/aromatic N) is 2. The highest BCUT2D eigenvalue weighted by molar-refractivity contribution is 5.11. The smallest absolute Gasteiger partial charge is 0.356 e. The van der Waals surface area contributed by atoms with Crippen LogP contribution in [0.3, 0.4) is 0 Å². The van der Waals surface area contributed by atoms with Gasteiger partial charge < -0.3 is 9.80 Å². The maximum Gasteiger partial charge on any atom is 0.446 e. The predicted octanol–water partition coefficient (Wildman–Crippen LogP) is 3.37. The first-order chi connectivity index (χ1) is 7.83. The molecule has 0 bridgehead atoms. The van der Waals surface area contributed by atoms with E-state index < -0.39 is 12.0 Å². The minimum absolute atomic E-state index is 0.339. The zero-order chi connectivity index (χ0) is 13.6. The van der Waals surface area contributed by atoms with Crippen LogP contribution >= 0.6 is 0 Å². The van der Waals surface area contributed by atoms with E-state index in [4.69, 9.17) is 0 Å². The molecule has 0 saturated heterocycles. The van der Waals surface area contributed by atoms with Gasteiger partial charge >= 0.3 is 6.18 Å². The Morgan fingerprint density at radius 2 is 1.12 bits per heavy atom. The fourth-order valence-electron chi connectivity index (χ4n) is 1.65. The van der Waals surface area contributed by atoms with Crippen LogP contribution in [0.15, 0.2) is 11.6 Å². The van der Waals surface area contributed by atoms with Gasteiger partial charge in [-0.1, -0.05) is 0 Å². The van der Waals surface area contributed by atoms with Gasteiger partial charge in [-0.05, 0) is 27.7 Å². The summed E-state index contributed by atoms with van der Waals surface area (Å²) in [5.41, 5.74) is 0. The van der Waals surface area contributed by atoms with Crippen LogP contribution in [0, 0.1) is 0 Å². The molecule has 0 rings (SSSR count). The first-order valence-corrected chi connectivity index (χ1v) is 5.80. The second-order valence-electron chi connectivity index (χ2n) is 3.48. The standard InChI is InChI=1S/C11H20F4N2/c1-5-16(6-2)10(17(7-3)8-4)9(12)11(13,14)15/h5-8H2,1-4H3. The summed E-state index contributed by atoms with van der Waals surface area (Å²) < 4.78 is 50.9. The molecular weight excluding hydrogens is 236 g/mol. The van der Waals surface area contributed by atoms with Crippen LogP contribution in [0.4, 0.5) is 17.6 Å². The molecule has 0 unspecified atom stereocenters. The average Bonchev–Trinajstić information content (AvgIpc) is 2.27. The molecule has 0 saturated carbocycles. The fourth-order valence-corrected chi connectivity index (χ4v) is 1.65. The Hall–Kier alpha value is -0.940. The van der Waals surface area contributed by atoms with Crippen LogP contribution < -0.4 is 0 Å². The molecule has 0 aromatic heterocycles. The molecule has 0 aromatic carbocycles. The number of rotatable bonds is 6. The Kier molecular flexibility index (Phi) is 6.34. The molecule has 0 radical (unpaired) electrons. The van der Waals surface area contributed by atoms with Crippen LogP contribution in [-0.4, -0.2) is 42.2 Å². The van der Waals surface area contributed by atoms with E-state index in [1.807, 2.05) is 0 Å². The van der Waals surface area contributed by atoms with E-state index in [1.165, 1.54) is 9.80 Å². The second-order valence-corrected chi connectivity index (χ2v) is 3.48. The summed E-state index contributed by atoms with van der Waals surface area (Å²) >= 11 is 0. The van der Waals surface area contributed by atoms with E-state index in [0.717, 1.165) is 0 Å². The van der Waals surface area contributed by atoms with Crippen LogP contribution in [0.2, 0.25) is 0 Å². The first-order valence-electron chi connectivity index (χ1n) is 5.80. The Bertz CT molecular complexity index is 239. The van der Waals surface area contributed by atoms with Crippen molar-refractivity contribution in [2.75, 3.05) is 26.2 Å². The van der Waals surface area contributed by atoms with E-state index >= 15 is 0 Å². The van der Waals surface area contributed by atoms with Crippen molar-refractivity contribution < 1.29 is 17.6 Å². The fraction of sp³-hybridized carbons (Fsp3) is 0.818. The van der Waals surface area contributed by atoms with Crippen molar-refractivity contribution in [2.45, 2.75) is 33.9 Å². The topological polar surface area (TPSA) is 6.48 Å². The van der Waals surface area contributed by atoms with Crippen molar-refractivity contribution in [1.82, 2.24) is 9.80 Å². The summed E-state index contributed by atoms with van der Waals surface area (Å²) in [5, 5.41) is 0. The van der Waals surface area contributed by atoms with Crippen molar-refractivity contribution in [1.29, 1.82) is 0 Å². The molecule has 0 amide bonds. The van der Waals surface area contributed by atoms with Crippen molar-refractivity contribution in [2.24, 2.45) is 0 Å². The lowest BCUT2D eigenvalue weighted by molar-refractivity contribution is -0.113. The monoisotopic (exact) mass is 256 g/mol. The maximum atomic E-state index is 13.5. The van der Waals surface area contributed by atoms with Crippen LogP contribution in [0.5, 0.6) is 0 Å². The molecule has 17 heavy (non-hydrogen) atoms. The number of hydrogen-bond donors (Lipinski definition) is 0. The zero-order valence-electron chi connectivity index (χ0n) is 10.7. The molecular formula is C11H20F4N2. The van der Waals surface area contributed by atoms with Gasteiger partial charge in [0.05, 0.1) is 0 Å². The third kappa shape index (κ3) is 4.09. The molecule has 102 valence electrons. The van der Waals surface area contributed by atoms with E-state index in [9.17, 15) is 17.6 Å². The van der Waals surface area contributed by atoms with Gasteiger partial charge in [-0.2, -0.15) is 17.6 Å². The Balaban J connectivity index is 5.52. The van der Waals surface area contributed by atoms with E-state index in [1.54, 1.807) is 27.7 Å². The number of allylic oxidation sites excluding steroid dienone is 1. The Labute approximate surface area is 99.9 Å². The minimum atomic E-state index is -4.93. The molecule has 2 nitrogen and oxygen atoms in total. The first kappa shape index (κ1) is 16.1. The third-order valence-corrected chi connectivity index (χ3v) is 2.57. The molecule has 0 aliphatic heterocycles. The largest absolute Gasteiger partial charge is 0.446 e. The van der Waals surface area contributed by atoms with Gasteiger partial charge in [0, 0.05) is 26.2 Å². The molecule has 0 atom stereocenters. The summed E-state index contributed by atoms with van der Waals surface area (Å²) in [6.45, 7) is 8.18. The zero-order valence-corrected chi connectivity index (χ0v) is 10.7. The van der Waals surface area contributed by atoms with Crippen molar-refractivity contribution >= 4 is 0 Å². The van der Waals surface area contributed by atoms with Gasteiger partial charge in [-0.15, -0.1) is 0 Å². The quantitative estimate of drug-likeness (QED) is 0.672. The van der Waals surface area contributed by atoms with Crippen molar-refractivity contribution in [3.63, 3.8) is 0 Å². The number of halogens is 4. The number of alkyl halides is 3. The van der Waals surface area contributed by atoms with Gasteiger partial charge in [0.15, 0.2) is 0 Å². The molecule has 0 spiro atoms. The lowest BCUT2D eigenvalue weighted by Crippen LogP contribution is -2.38. The Morgan fingerprint density at radius 3 is 1.29 bits per heavy atom. The average molecular weight is 256 g/mol. The summed E-state index contributed by atoms with van der Waals surface area (Å²) in [5.74, 6) is -2.36. The minimum Gasteiger partial charge on any atom is -0.356 e. The molecule has 0 heterocycles. The van der Waals surface area contributed by atoms with Crippen LogP contribution in [0.1, 0.15) is 27.7 Å². The Morgan fingerprint density at radius 1 is 0.824 bits per heavy atom. The molecule has 0 fully saturated rings. The molecule has 0 N–H and O–H groups in total. The summed E-state index contributed by atoms with van der Waals surface area (Å²) in [4.78, 5) is 2.77. The van der Waals surface area contributed by atoms with Gasteiger partial charge in [-0.25, -0.2) is 0 Å². The van der Waals surface area contributed by atoms with Gasteiger partial charge in [0.2, 0.25) is 5.83 Å². The van der Waals surface area contributed by atoms with Gasteiger partial charge in [0.25, 0.3) is 0 Å². The molecule has 0 aromatic rings. The third-order valence-electron chi connectivity index (χ3n) is 2.57. The summed E-state index contributed by atoms with van der Waals surface area (Å²) in [6, 6.07) is 0. The molecule has 6 heteroatoms. The molecule has 0 aliphatic rings. The highest BCUT2D eigenvalue weighted by atomic mass is 19.4. The van der Waals surface area contributed by atoms with Gasteiger partial charge in [-0.3, -0.25) is 0 Å². The SMILES string of the molecule is CCN(CC)C(=C(F)C(F)(F)F)N(CC)CC. The van der Waals surface area contributed by atoms with E-state index in [2.05, 4.69) is 0 Å². The molecule has 0 aliphatic carbocycles.